The quantitative estimate of drug-likeness (QED) is 0.865. The van der Waals surface area contributed by atoms with Crippen molar-refractivity contribution in [1.29, 1.82) is 0 Å². The molecule has 2 fully saturated rings. The van der Waals surface area contributed by atoms with Crippen molar-refractivity contribution in [3.05, 3.63) is 24.3 Å². The summed E-state index contributed by atoms with van der Waals surface area (Å²) < 4.78 is 11.3. The Bertz CT molecular complexity index is 496. The third-order valence-corrected chi connectivity index (χ3v) is 4.26. The molecule has 2 aliphatic rings. The summed E-state index contributed by atoms with van der Waals surface area (Å²) in [5, 5.41) is 6.20. The van der Waals surface area contributed by atoms with Gasteiger partial charge in [0.25, 0.3) is 0 Å². The topological polar surface area (TPSA) is 59.6 Å². The summed E-state index contributed by atoms with van der Waals surface area (Å²) in [6.07, 6.45) is 0.975. The van der Waals surface area contributed by atoms with Gasteiger partial charge in [-0.05, 0) is 31.1 Å². The Balaban J connectivity index is 1.64. The fourth-order valence-corrected chi connectivity index (χ4v) is 2.58. The maximum atomic E-state index is 12.3. The van der Waals surface area contributed by atoms with Gasteiger partial charge < -0.3 is 20.1 Å². The highest BCUT2D eigenvalue weighted by molar-refractivity contribution is 5.94. The standard InChI is InChI=1S/C16H22N2O3/c1-11(12-8-17-9-12)16(19)18-14-4-2-3-5-15(14)21-13-6-7-20-10-13/h2-5,11-13,17H,6-10H2,1H3,(H,18,19). The van der Waals surface area contributed by atoms with E-state index in [0.29, 0.717) is 12.5 Å². The number of carbonyl (C=O) groups excluding carboxylic acids is 1. The number of anilines is 1. The van der Waals surface area contributed by atoms with Crippen LogP contribution < -0.4 is 15.4 Å². The van der Waals surface area contributed by atoms with E-state index in [1.807, 2.05) is 31.2 Å². The molecule has 0 bridgehead atoms. The second kappa shape index (κ2) is 6.45. The Morgan fingerprint density at radius 1 is 1.43 bits per heavy atom. The van der Waals surface area contributed by atoms with Gasteiger partial charge in [-0.3, -0.25) is 4.79 Å². The molecular weight excluding hydrogens is 268 g/mol. The fraction of sp³-hybridized carbons (Fsp3) is 0.562. The van der Waals surface area contributed by atoms with Gasteiger partial charge in [0.1, 0.15) is 11.9 Å². The first-order valence-corrected chi connectivity index (χ1v) is 7.59. The molecule has 2 saturated heterocycles. The number of nitrogens with one attached hydrogen (secondary N) is 2. The van der Waals surface area contributed by atoms with E-state index in [1.165, 1.54) is 0 Å². The van der Waals surface area contributed by atoms with Crippen LogP contribution in [0.3, 0.4) is 0 Å². The second-order valence-electron chi connectivity index (χ2n) is 5.80. The number of carbonyl (C=O) groups is 1. The number of para-hydroxylation sites is 2. The molecule has 2 aliphatic heterocycles. The first-order chi connectivity index (χ1) is 10.2. The van der Waals surface area contributed by atoms with Gasteiger partial charge >= 0.3 is 0 Å². The SMILES string of the molecule is CC(C(=O)Nc1ccccc1OC1CCOC1)C1CNC1. The van der Waals surface area contributed by atoms with E-state index in [9.17, 15) is 4.79 Å². The molecule has 2 unspecified atom stereocenters. The summed E-state index contributed by atoms with van der Waals surface area (Å²) in [5.41, 5.74) is 0.744. The lowest BCUT2D eigenvalue weighted by Gasteiger charge is -2.31. The molecule has 0 spiro atoms. The highest BCUT2D eigenvalue weighted by Crippen LogP contribution is 2.28. The van der Waals surface area contributed by atoms with Crippen LogP contribution in [0.1, 0.15) is 13.3 Å². The maximum absolute atomic E-state index is 12.3. The van der Waals surface area contributed by atoms with Crippen molar-refractivity contribution in [3.63, 3.8) is 0 Å². The summed E-state index contributed by atoms with van der Waals surface area (Å²) in [7, 11) is 0. The monoisotopic (exact) mass is 290 g/mol. The molecule has 1 amide bonds. The van der Waals surface area contributed by atoms with Crippen molar-refractivity contribution in [2.45, 2.75) is 19.4 Å². The highest BCUT2D eigenvalue weighted by atomic mass is 16.5. The third kappa shape index (κ3) is 3.36. The van der Waals surface area contributed by atoms with Crippen molar-refractivity contribution in [2.75, 3.05) is 31.6 Å². The van der Waals surface area contributed by atoms with E-state index >= 15 is 0 Å². The summed E-state index contributed by atoms with van der Waals surface area (Å²) in [6.45, 7) is 5.19. The Kier molecular flexibility index (Phi) is 4.41. The number of benzene rings is 1. The smallest absolute Gasteiger partial charge is 0.227 e. The summed E-state index contributed by atoms with van der Waals surface area (Å²) >= 11 is 0. The van der Waals surface area contributed by atoms with E-state index in [0.717, 1.165) is 37.6 Å². The zero-order valence-electron chi connectivity index (χ0n) is 12.3. The number of rotatable bonds is 5. The molecule has 0 saturated carbocycles. The molecule has 3 rings (SSSR count). The van der Waals surface area contributed by atoms with Crippen LogP contribution in [0.4, 0.5) is 5.69 Å². The molecule has 5 heteroatoms. The Morgan fingerprint density at radius 3 is 2.90 bits per heavy atom. The number of amides is 1. The van der Waals surface area contributed by atoms with Crippen LogP contribution >= 0.6 is 0 Å². The van der Waals surface area contributed by atoms with Gasteiger partial charge in [-0.2, -0.15) is 0 Å². The minimum Gasteiger partial charge on any atom is -0.486 e. The van der Waals surface area contributed by atoms with Crippen LogP contribution in [0.5, 0.6) is 5.75 Å². The lowest BCUT2D eigenvalue weighted by atomic mass is 9.88. The Morgan fingerprint density at radius 2 is 2.24 bits per heavy atom. The number of ether oxygens (including phenoxy) is 2. The van der Waals surface area contributed by atoms with Gasteiger partial charge in [0, 0.05) is 12.3 Å². The second-order valence-corrected chi connectivity index (χ2v) is 5.80. The largest absolute Gasteiger partial charge is 0.486 e. The van der Waals surface area contributed by atoms with Crippen LogP contribution in [-0.4, -0.2) is 38.3 Å². The molecule has 0 radical (unpaired) electrons. The van der Waals surface area contributed by atoms with Gasteiger partial charge in [-0.1, -0.05) is 19.1 Å². The molecule has 5 nitrogen and oxygen atoms in total. The molecule has 2 atom stereocenters. The van der Waals surface area contributed by atoms with E-state index in [4.69, 9.17) is 9.47 Å². The lowest BCUT2D eigenvalue weighted by Crippen LogP contribution is -2.48. The molecular formula is C16H22N2O3. The van der Waals surface area contributed by atoms with Crippen LogP contribution in [0.25, 0.3) is 0 Å². The van der Waals surface area contributed by atoms with Crippen LogP contribution in [-0.2, 0) is 9.53 Å². The van der Waals surface area contributed by atoms with Crippen LogP contribution in [0.15, 0.2) is 24.3 Å². The van der Waals surface area contributed by atoms with E-state index < -0.39 is 0 Å². The van der Waals surface area contributed by atoms with Crippen molar-refractivity contribution < 1.29 is 14.3 Å². The normalized spacial score (nSPS) is 23.4. The molecule has 1 aromatic rings. The number of hydrogen-bond donors (Lipinski definition) is 2. The fourth-order valence-electron chi connectivity index (χ4n) is 2.58. The predicted molar refractivity (Wildman–Crippen MR) is 80.4 cm³/mol. The maximum Gasteiger partial charge on any atom is 0.227 e. The molecule has 2 heterocycles. The van der Waals surface area contributed by atoms with Gasteiger partial charge in [0.05, 0.1) is 18.9 Å². The van der Waals surface area contributed by atoms with Gasteiger partial charge in [-0.25, -0.2) is 0 Å². The lowest BCUT2D eigenvalue weighted by molar-refractivity contribution is -0.121. The Hall–Kier alpha value is -1.59. The van der Waals surface area contributed by atoms with Crippen molar-refractivity contribution in [3.8, 4) is 5.75 Å². The van der Waals surface area contributed by atoms with Gasteiger partial charge in [-0.15, -0.1) is 0 Å². The van der Waals surface area contributed by atoms with Gasteiger partial charge in [0.2, 0.25) is 5.91 Å². The number of hydrogen-bond acceptors (Lipinski definition) is 4. The molecule has 2 N–H and O–H groups in total. The van der Waals surface area contributed by atoms with Crippen LogP contribution in [0, 0.1) is 11.8 Å². The van der Waals surface area contributed by atoms with Crippen LogP contribution in [0.2, 0.25) is 0 Å². The summed E-state index contributed by atoms with van der Waals surface area (Å²) in [4.78, 5) is 12.3. The minimum atomic E-state index is 0.00844. The molecule has 0 aromatic heterocycles. The van der Waals surface area contributed by atoms with Gasteiger partial charge in [0.15, 0.2) is 0 Å². The molecule has 1 aromatic carbocycles. The van der Waals surface area contributed by atoms with E-state index in [-0.39, 0.29) is 17.9 Å². The molecule has 21 heavy (non-hydrogen) atoms. The minimum absolute atomic E-state index is 0.00844. The van der Waals surface area contributed by atoms with Crippen molar-refractivity contribution in [2.24, 2.45) is 11.8 Å². The zero-order valence-corrected chi connectivity index (χ0v) is 12.3. The Labute approximate surface area is 125 Å². The molecule has 0 aliphatic carbocycles. The first-order valence-electron chi connectivity index (χ1n) is 7.59. The summed E-state index contributed by atoms with van der Waals surface area (Å²) in [5.74, 6) is 1.22. The third-order valence-electron chi connectivity index (χ3n) is 4.26. The summed E-state index contributed by atoms with van der Waals surface area (Å²) in [6, 6.07) is 7.60. The van der Waals surface area contributed by atoms with E-state index in [2.05, 4.69) is 10.6 Å². The van der Waals surface area contributed by atoms with Crippen molar-refractivity contribution >= 4 is 11.6 Å². The average Bonchev–Trinajstić information content (AvgIpc) is 2.92. The average molecular weight is 290 g/mol. The first kappa shape index (κ1) is 14.4. The van der Waals surface area contributed by atoms with E-state index in [1.54, 1.807) is 0 Å². The highest BCUT2D eigenvalue weighted by Gasteiger charge is 2.29. The molecule has 114 valence electrons. The predicted octanol–water partition coefficient (Wildman–Crippen LogP) is 1.65. The zero-order chi connectivity index (χ0) is 14.7. The van der Waals surface area contributed by atoms with Crippen molar-refractivity contribution in [1.82, 2.24) is 5.32 Å².